The molecule has 2 amide bonds. The van der Waals surface area contributed by atoms with Crippen molar-refractivity contribution in [2.24, 2.45) is 0 Å². The summed E-state index contributed by atoms with van der Waals surface area (Å²) in [6.07, 6.45) is 1.57. The van der Waals surface area contributed by atoms with Gasteiger partial charge in [-0.25, -0.2) is 0 Å². The Bertz CT molecular complexity index is 1150. The van der Waals surface area contributed by atoms with E-state index in [1.165, 1.54) is 0 Å². The summed E-state index contributed by atoms with van der Waals surface area (Å²) < 4.78 is 7.08. The molecule has 3 heterocycles. The minimum Gasteiger partial charge on any atom is -0.463 e. The first kappa shape index (κ1) is 20.9. The van der Waals surface area contributed by atoms with Crippen molar-refractivity contribution >= 4 is 17.5 Å². The lowest BCUT2D eigenvalue weighted by Crippen LogP contribution is -2.66. The Labute approximate surface area is 182 Å². The highest BCUT2D eigenvalue weighted by molar-refractivity contribution is 6.12. The molecule has 7 heteroatoms. The predicted molar refractivity (Wildman–Crippen MR) is 119 cm³/mol. The summed E-state index contributed by atoms with van der Waals surface area (Å²) in [4.78, 5) is 29.0. The zero-order valence-corrected chi connectivity index (χ0v) is 18.8. The van der Waals surface area contributed by atoms with Crippen LogP contribution in [0.5, 0.6) is 0 Å². The van der Waals surface area contributed by atoms with Crippen molar-refractivity contribution in [2.75, 3.05) is 4.90 Å². The number of nitrogens with zero attached hydrogens (tertiary/aromatic N) is 3. The highest BCUT2D eigenvalue weighted by Gasteiger charge is 2.50. The van der Waals surface area contributed by atoms with Crippen molar-refractivity contribution in [3.05, 3.63) is 59.5 Å². The van der Waals surface area contributed by atoms with Crippen molar-refractivity contribution in [2.45, 2.75) is 59.2 Å². The predicted octanol–water partition coefficient (Wildman–Crippen LogP) is 4.09. The van der Waals surface area contributed by atoms with Gasteiger partial charge in [-0.15, -0.1) is 0 Å². The molecule has 2 aromatic heterocycles. The zero-order valence-electron chi connectivity index (χ0n) is 18.8. The van der Waals surface area contributed by atoms with Crippen LogP contribution in [0.4, 0.5) is 5.69 Å². The topological polar surface area (TPSA) is 80.4 Å². The monoisotopic (exact) mass is 420 g/mol. The average molecular weight is 421 g/mol. The van der Waals surface area contributed by atoms with Crippen LogP contribution in [0.1, 0.15) is 49.3 Å². The summed E-state index contributed by atoms with van der Waals surface area (Å²) in [6.45, 7) is 11.8. The molecule has 4 rings (SSSR count). The third kappa shape index (κ3) is 3.54. The van der Waals surface area contributed by atoms with Crippen LogP contribution < -0.4 is 10.2 Å². The van der Waals surface area contributed by atoms with E-state index in [2.05, 4.69) is 10.4 Å². The van der Waals surface area contributed by atoms with E-state index in [1.807, 2.05) is 52.8 Å². The van der Waals surface area contributed by atoms with Crippen LogP contribution in [0, 0.1) is 13.8 Å². The Morgan fingerprint density at radius 2 is 1.94 bits per heavy atom. The van der Waals surface area contributed by atoms with Crippen molar-refractivity contribution in [3.63, 3.8) is 0 Å². The molecule has 0 spiro atoms. The lowest BCUT2D eigenvalue weighted by atomic mass is 9.91. The molecule has 1 unspecified atom stereocenters. The fourth-order valence-electron chi connectivity index (χ4n) is 3.96. The second kappa shape index (κ2) is 7.11. The van der Waals surface area contributed by atoms with Gasteiger partial charge < -0.3 is 9.73 Å². The average Bonchev–Trinajstić information content (AvgIpc) is 3.33. The molecule has 1 aliphatic rings. The van der Waals surface area contributed by atoms with E-state index in [0.29, 0.717) is 17.1 Å². The van der Waals surface area contributed by atoms with E-state index in [9.17, 15) is 9.59 Å². The van der Waals surface area contributed by atoms with Crippen molar-refractivity contribution in [3.8, 4) is 11.5 Å². The molecule has 162 valence electrons. The highest BCUT2D eigenvalue weighted by Crippen LogP contribution is 2.36. The Hall–Kier alpha value is -3.35. The van der Waals surface area contributed by atoms with Crippen molar-refractivity contribution in [1.82, 2.24) is 15.1 Å². The number of rotatable bonds is 3. The first-order valence-corrected chi connectivity index (χ1v) is 10.4. The van der Waals surface area contributed by atoms with Gasteiger partial charge in [0.15, 0.2) is 5.76 Å². The number of benzene rings is 1. The summed E-state index contributed by atoms with van der Waals surface area (Å²) >= 11 is 0. The second-order valence-electron chi connectivity index (χ2n) is 9.39. The maximum atomic E-state index is 13.8. The summed E-state index contributed by atoms with van der Waals surface area (Å²) in [5.41, 5.74) is 2.12. The van der Waals surface area contributed by atoms with Crippen LogP contribution >= 0.6 is 0 Å². The molecule has 7 nitrogen and oxygen atoms in total. The molecular formula is C24H28N4O3. The van der Waals surface area contributed by atoms with Gasteiger partial charge in [-0.3, -0.25) is 19.2 Å². The summed E-state index contributed by atoms with van der Waals surface area (Å²) in [7, 11) is 0. The lowest BCUT2D eigenvalue weighted by molar-refractivity contribution is -0.128. The summed E-state index contributed by atoms with van der Waals surface area (Å²) in [5.74, 6) is 0.0839. The molecule has 0 aliphatic carbocycles. The first-order chi connectivity index (χ1) is 14.5. The number of carbonyl (C=O) groups excluding carboxylic acids is 2. The summed E-state index contributed by atoms with van der Waals surface area (Å²) in [6, 6.07) is 11.1. The number of aromatic nitrogens is 2. The van der Waals surface area contributed by atoms with E-state index in [4.69, 9.17) is 4.42 Å². The van der Waals surface area contributed by atoms with Crippen molar-refractivity contribution < 1.29 is 14.0 Å². The van der Waals surface area contributed by atoms with Gasteiger partial charge in [0, 0.05) is 17.3 Å². The number of fused-ring (bicyclic) bond motifs is 1. The van der Waals surface area contributed by atoms with Crippen LogP contribution in [0.2, 0.25) is 0 Å². The fourth-order valence-corrected chi connectivity index (χ4v) is 3.96. The number of furan rings is 1. The lowest BCUT2D eigenvalue weighted by Gasteiger charge is -2.45. The summed E-state index contributed by atoms with van der Waals surface area (Å²) in [5, 5.41) is 7.64. The number of hydrogen-bond acceptors (Lipinski definition) is 4. The Morgan fingerprint density at radius 1 is 1.19 bits per heavy atom. The first-order valence-electron chi connectivity index (χ1n) is 10.4. The van der Waals surface area contributed by atoms with E-state index in [-0.39, 0.29) is 18.4 Å². The minimum absolute atomic E-state index is 0.226. The van der Waals surface area contributed by atoms with Gasteiger partial charge >= 0.3 is 0 Å². The van der Waals surface area contributed by atoms with Gasteiger partial charge in [-0.2, -0.15) is 5.10 Å². The maximum absolute atomic E-state index is 13.8. The third-order valence-corrected chi connectivity index (χ3v) is 5.72. The van der Waals surface area contributed by atoms with Gasteiger partial charge in [-0.05, 0) is 70.9 Å². The second-order valence-corrected chi connectivity index (χ2v) is 9.39. The highest BCUT2D eigenvalue weighted by atomic mass is 16.3. The van der Waals surface area contributed by atoms with Gasteiger partial charge in [0.1, 0.15) is 16.9 Å². The number of amides is 2. The molecular weight excluding hydrogens is 392 g/mol. The zero-order chi connectivity index (χ0) is 22.6. The molecule has 1 N–H and O–H groups in total. The fraction of sp³-hybridized carbons (Fsp3) is 0.375. The number of anilines is 1. The van der Waals surface area contributed by atoms with E-state index in [1.54, 1.807) is 41.0 Å². The quantitative estimate of drug-likeness (QED) is 0.692. The Kier molecular flexibility index (Phi) is 4.80. The van der Waals surface area contributed by atoms with Crippen LogP contribution in [0.15, 0.2) is 47.1 Å². The minimum atomic E-state index is -1.16. The van der Waals surface area contributed by atoms with Gasteiger partial charge in [-0.1, -0.05) is 12.1 Å². The SMILES string of the molecule is Cc1cccc(N2C(=O)c3cc(-c4ccco4)nn3CC2(C)C(=O)NC(C)(C)C)c1C. The van der Waals surface area contributed by atoms with Gasteiger partial charge in [0.2, 0.25) is 5.91 Å². The van der Waals surface area contributed by atoms with Crippen LogP contribution in [0.25, 0.3) is 11.5 Å². The van der Waals surface area contributed by atoms with Crippen LogP contribution in [-0.2, 0) is 11.3 Å². The number of carbonyl (C=O) groups is 2. The molecule has 1 aromatic carbocycles. The standard InChI is InChI=1S/C24H28N4O3/c1-15-9-7-10-18(16(15)2)28-21(29)19-13-17(20-11-8-12-31-20)26-27(19)14-24(28,6)22(30)25-23(3,4)5/h7-13H,14H2,1-6H3,(H,25,30). The molecule has 0 saturated carbocycles. The molecule has 1 aliphatic heterocycles. The van der Waals surface area contributed by atoms with E-state index < -0.39 is 11.1 Å². The molecule has 0 saturated heterocycles. The maximum Gasteiger partial charge on any atom is 0.277 e. The van der Waals surface area contributed by atoms with Gasteiger partial charge in [0.05, 0.1) is 12.8 Å². The largest absolute Gasteiger partial charge is 0.463 e. The Morgan fingerprint density at radius 3 is 2.58 bits per heavy atom. The molecule has 31 heavy (non-hydrogen) atoms. The van der Waals surface area contributed by atoms with Crippen molar-refractivity contribution in [1.29, 1.82) is 0 Å². The number of aryl methyl sites for hydroxylation is 1. The van der Waals surface area contributed by atoms with Gasteiger partial charge in [0.25, 0.3) is 5.91 Å². The smallest absolute Gasteiger partial charge is 0.277 e. The normalized spacial score (nSPS) is 18.8. The number of nitrogens with one attached hydrogen (secondary N) is 1. The number of hydrogen-bond donors (Lipinski definition) is 1. The van der Waals surface area contributed by atoms with E-state index in [0.717, 1.165) is 16.8 Å². The Balaban J connectivity index is 1.88. The molecule has 0 radical (unpaired) electrons. The molecule has 3 aromatic rings. The molecule has 0 bridgehead atoms. The third-order valence-electron chi connectivity index (χ3n) is 5.72. The molecule has 0 fully saturated rings. The van der Waals surface area contributed by atoms with Crippen LogP contribution in [-0.4, -0.2) is 32.7 Å². The molecule has 1 atom stereocenters. The van der Waals surface area contributed by atoms with E-state index >= 15 is 0 Å². The van der Waals surface area contributed by atoms with Crippen LogP contribution in [0.3, 0.4) is 0 Å².